The molecule has 1 fully saturated rings. The van der Waals surface area contributed by atoms with E-state index in [0.717, 1.165) is 38.3 Å². The van der Waals surface area contributed by atoms with Crippen LogP contribution in [0.3, 0.4) is 0 Å². The third-order valence-corrected chi connectivity index (χ3v) is 4.68. The van der Waals surface area contributed by atoms with Gasteiger partial charge in [0, 0.05) is 50.7 Å². The van der Waals surface area contributed by atoms with Crippen molar-refractivity contribution in [3.05, 3.63) is 78.1 Å². The van der Waals surface area contributed by atoms with Crippen LogP contribution in [-0.4, -0.2) is 47.3 Å². The SMILES string of the molecule is C(=NN1CCN(Cc2cccc3ccccc23)CC1)c1cccnc1. The van der Waals surface area contributed by atoms with Gasteiger partial charge in [-0.1, -0.05) is 48.5 Å². The Balaban J connectivity index is 1.36. The van der Waals surface area contributed by atoms with E-state index in [2.05, 4.69) is 62.5 Å². The molecule has 1 saturated heterocycles. The van der Waals surface area contributed by atoms with Gasteiger partial charge in [-0.15, -0.1) is 0 Å². The second-order valence-corrected chi connectivity index (χ2v) is 6.40. The van der Waals surface area contributed by atoms with Crippen molar-refractivity contribution in [3.8, 4) is 0 Å². The van der Waals surface area contributed by atoms with Crippen molar-refractivity contribution in [2.45, 2.75) is 6.54 Å². The lowest BCUT2D eigenvalue weighted by atomic mass is 10.0. The average molecular weight is 330 g/mol. The summed E-state index contributed by atoms with van der Waals surface area (Å²) in [4.78, 5) is 6.63. The van der Waals surface area contributed by atoms with Gasteiger partial charge in [0.2, 0.25) is 0 Å². The first kappa shape index (κ1) is 15.8. The minimum Gasteiger partial charge on any atom is -0.295 e. The van der Waals surface area contributed by atoms with Crippen LogP contribution in [0, 0.1) is 0 Å². The van der Waals surface area contributed by atoms with Crippen LogP contribution in [0.1, 0.15) is 11.1 Å². The molecule has 4 nitrogen and oxygen atoms in total. The first-order valence-corrected chi connectivity index (χ1v) is 8.76. The first-order valence-electron chi connectivity index (χ1n) is 8.76. The van der Waals surface area contributed by atoms with Gasteiger partial charge >= 0.3 is 0 Å². The normalized spacial score (nSPS) is 15.9. The summed E-state index contributed by atoms with van der Waals surface area (Å²) >= 11 is 0. The second-order valence-electron chi connectivity index (χ2n) is 6.40. The minimum absolute atomic E-state index is 0.960. The van der Waals surface area contributed by atoms with Crippen LogP contribution >= 0.6 is 0 Å². The Kier molecular flexibility index (Phi) is 4.70. The van der Waals surface area contributed by atoms with Gasteiger partial charge in [0.05, 0.1) is 6.21 Å². The molecule has 2 heterocycles. The highest BCUT2D eigenvalue weighted by molar-refractivity contribution is 5.85. The number of hydrogen-bond acceptors (Lipinski definition) is 4. The van der Waals surface area contributed by atoms with Gasteiger partial charge in [0.15, 0.2) is 0 Å². The van der Waals surface area contributed by atoms with Gasteiger partial charge < -0.3 is 0 Å². The van der Waals surface area contributed by atoms with Crippen LogP contribution in [0.25, 0.3) is 10.8 Å². The fraction of sp³-hybridized carbons (Fsp3) is 0.238. The predicted molar refractivity (Wildman–Crippen MR) is 103 cm³/mol. The molecule has 0 spiro atoms. The monoisotopic (exact) mass is 330 g/mol. The average Bonchev–Trinajstić information content (AvgIpc) is 2.69. The van der Waals surface area contributed by atoms with Crippen molar-refractivity contribution in [1.82, 2.24) is 14.9 Å². The maximum atomic E-state index is 4.59. The van der Waals surface area contributed by atoms with E-state index in [0.29, 0.717) is 0 Å². The molecule has 4 heteroatoms. The van der Waals surface area contributed by atoms with Crippen LogP contribution in [-0.2, 0) is 6.54 Å². The molecule has 1 aromatic heterocycles. The molecule has 1 aliphatic rings. The summed E-state index contributed by atoms with van der Waals surface area (Å²) < 4.78 is 0. The van der Waals surface area contributed by atoms with Crippen molar-refractivity contribution < 1.29 is 0 Å². The summed E-state index contributed by atoms with van der Waals surface area (Å²) in [5.41, 5.74) is 2.45. The second kappa shape index (κ2) is 7.45. The van der Waals surface area contributed by atoms with Gasteiger partial charge in [0.1, 0.15) is 0 Å². The van der Waals surface area contributed by atoms with Gasteiger partial charge in [0.25, 0.3) is 0 Å². The largest absolute Gasteiger partial charge is 0.295 e. The number of fused-ring (bicyclic) bond motifs is 1. The van der Waals surface area contributed by atoms with E-state index in [9.17, 15) is 0 Å². The number of nitrogens with zero attached hydrogens (tertiary/aromatic N) is 4. The maximum Gasteiger partial charge on any atom is 0.0558 e. The van der Waals surface area contributed by atoms with E-state index < -0.39 is 0 Å². The topological polar surface area (TPSA) is 31.7 Å². The number of hydrazone groups is 1. The van der Waals surface area contributed by atoms with E-state index >= 15 is 0 Å². The summed E-state index contributed by atoms with van der Waals surface area (Å²) in [5.74, 6) is 0. The van der Waals surface area contributed by atoms with Crippen LogP contribution in [0.15, 0.2) is 72.1 Å². The Bertz CT molecular complexity index is 847. The molecule has 4 rings (SSSR count). The molecular weight excluding hydrogens is 308 g/mol. The Hall–Kier alpha value is -2.72. The molecule has 0 unspecified atom stereocenters. The van der Waals surface area contributed by atoms with Gasteiger partial charge in [-0.25, -0.2) is 0 Å². The molecule has 0 N–H and O–H groups in total. The van der Waals surface area contributed by atoms with E-state index in [4.69, 9.17) is 0 Å². The van der Waals surface area contributed by atoms with Crippen molar-refractivity contribution in [3.63, 3.8) is 0 Å². The van der Waals surface area contributed by atoms with E-state index in [1.54, 1.807) is 6.20 Å². The number of piperazine rings is 1. The number of benzene rings is 2. The summed E-state index contributed by atoms with van der Waals surface area (Å²) in [7, 11) is 0. The smallest absolute Gasteiger partial charge is 0.0558 e. The van der Waals surface area contributed by atoms with Crippen molar-refractivity contribution >= 4 is 17.0 Å². The zero-order valence-corrected chi connectivity index (χ0v) is 14.3. The highest BCUT2D eigenvalue weighted by Crippen LogP contribution is 2.20. The van der Waals surface area contributed by atoms with Crippen LogP contribution in [0.4, 0.5) is 0 Å². The lowest BCUT2D eigenvalue weighted by Gasteiger charge is -2.33. The van der Waals surface area contributed by atoms with Crippen molar-refractivity contribution in [2.75, 3.05) is 26.2 Å². The van der Waals surface area contributed by atoms with Crippen LogP contribution < -0.4 is 0 Å². The molecule has 3 aromatic rings. The van der Waals surface area contributed by atoms with E-state index in [1.165, 1.54) is 16.3 Å². The fourth-order valence-electron chi connectivity index (χ4n) is 3.28. The molecule has 0 amide bonds. The number of hydrogen-bond donors (Lipinski definition) is 0. The minimum atomic E-state index is 0.960. The lowest BCUT2D eigenvalue weighted by molar-refractivity contribution is 0.131. The third-order valence-electron chi connectivity index (χ3n) is 4.68. The maximum absolute atomic E-state index is 4.59. The van der Waals surface area contributed by atoms with Gasteiger partial charge in [-0.2, -0.15) is 5.10 Å². The van der Waals surface area contributed by atoms with Gasteiger partial charge in [-0.3, -0.25) is 14.9 Å². The van der Waals surface area contributed by atoms with Crippen LogP contribution in [0.2, 0.25) is 0 Å². The fourth-order valence-corrected chi connectivity index (χ4v) is 3.28. The quantitative estimate of drug-likeness (QED) is 0.687. The summed E-state index contributed by atoms with van der Waals surface area (Å²) in [6, 6.07) is 19.2. The summed E-state index contributed by atoms with van der Waals surface area (Å²) in [6.07, 6.45) is 5.51. The molecule has 0 aliphatic carbocycles. The molecule has 0 bridgehead atoms. The van der Waals surface area contributed by atoms with E-state index in [-0.39, 0.29) is 0 Å². The summed E-state index contributed by atoms with van der Waals surface area (Å²) in [6.45, 7) is 4.99. The number of rotatable bonds is 4. The van der Waals surface area contributed by atoms with Crippen molar-refractivity contribution in [2.24, 2.45) is 5.10 Å². The molecule has 25 heavy (non-hydrogen) atoms. The van der Waals surface area contributed by atoms with Crippen LogP contribution in [0.5, 0.6) is 0 Å². The Labute approximate surface area is 148 Å². The highest BCUT2D eigenvalue weighted by Gasteiger charge is 2.16. The molecule has 126 valence electrons. The molecule has 2 aromatic carbocycles. The molecule has 0 saturated carbocycles. The highest BCUT2D eigenvalue weighted by atomic mass is 15.5. The molecule has 0 radical (unpaired) electrons. The third kappa shape index (κ3) is 3.86. The van der Waals surface area contributed by atoms with E-state index in [1.807, 2.05) is 24.5 Å². The summed E-state index contributed by atoms with van der Waals surface area (Å²) in [5, 5.41) is 9.41. The molecular formula is C21H22N4. The number of aromatic nitrogens is 1. The first-order chi connectivity index (χ1) is 12.4. The number of pyridine rings is 1. The predicted octanol–water partition coefficient (Wildman–Crippen LogP) is 3.39. The Morgan fingerprint density at radius 1 is 0.920 bits per heavy atom. The Morgan fingerprint density at radius 3 is 2.60 bits per heavy atom. The zero-order valence-electron chi connectivity index (χ0n) is 14.3. The standard InChI is InChI=1S/C21H22N4/c1-2-9-21-19(6-1)7-3-8-20(21)17-24-11-13-25(14-12-24)23-16-18-5-4-10-22-15-18/h1-10,15-16H,11-14,17H2. The molecule has 0 atom stereocenters. The Morgan fingerprint density at radius 2 is 1.76 bits per heavy atom. The van der Waals surface area contributed by atoms with Crippen molar-refractivity contribution in [1.29, 1.82) is 0 Å². The molecule has 1 aliphatic heterocycles. The lowest BCUT2D eigenvalue weighted by Crippen LogP contribution is -2.43. The zero-order chi connectivity index (χ0) is 16.9. The van der Waals surface area contributed by atoms with Gasteiger partial charge in [-0.05, 0) is 22.4 Å².